The molecule has 0 aliphatic carbocycles. The standard InChI is InChI=1S/C99H128N24O22S4/c1-56(125)107-76-51-148-38-29-84(129)119-53-118-54-120(55-119)85(130)30-39-149-52-77(99(144)145)117-90(135)70(41-58-46-104-65-21-7-4-18-62(58)65)113-95(140)79-25-14-34-122(79)98(143)80-26-15-35-123(80)96(141)73(42-59-47-105-66-22-8-5-19-63(59)66)115-92(137)74(49-124)116-89(134)69(40-57-45-103-64-20-6-3-17-61(57)64)111-91(136)72(44-81(101)126)112-87(132)67(23-9-11-31-100)109-88(133)68(27-36-146-2)110-93(138)75(50-147-37-28-83(118)128)108-82(127)48-106-86(131)71(43-60-16-10-12-32-102-60)114-94(139)78-24-13-33-121(78)97(76)142/h3-8,10,12,16-22,32,45-47,67-80,103-105,124H,9,11,13-15,23-31,33-44,48-55,100H2,1-2H3,(H2,101,126)(H,106,131)(H,107,125)(H,108,127)(H,109,133)(H,110,138)(H,111,136)(H,112,132)(H,113,140)(H,114,139)(H,115,137)(H,116,134)(H,117,135)(H,144,145)/t67-,68-,69-,70-,71-,72-,73-,74-,75-,76+,77-,78-,79-,80-/m0/s1. The Morgan fingerprint density at radius 3 is 1.40 bits per heavy atom. The van der Waals surface area contributed by atoms with E-state index < -0.39 is 222 Å². The molecule has 4 bridgehead atoms. The zero-order chi connectivity index (χ0) is 106. The molecular weight excluding hydrogens is 2010 g/mol. The Kier molecular flexibility index (Phi) is 41.0. The molecule has 6 aliphatic heterocycles. The van der Waals surface area contributed by atoms with E-state index in [1.165, 1.54) is 54.3 Å². The third kappa shape index (κ3) is 30.5. The minimum Gasteiger partial charge on any atom is -0.480 e. The average molecular weight is 2130 g/mol. The van der Waals surface area contributed by atoms with Crippen molar-refractivity contribution in [3.05, 3.63) is 138 Å². The molecule has 50 heteroatoms. The first-order chi connectivity index (χ1) is 71.7. The van der Waals surface area contributed by atoms with Gasteiger partial charge in [-0.3, -0.25) is 96.1 Å². The number of carbonyl (C=O) groups is 20. The normalized spacial score (nSPS) is 25.2. The van der Waals surface area contributed by atoms with Gasteiger partial charge in [0.15, 0.2) is 0 Å². The van der Waals surface area contributed by atoms with E-state index in [0.717, 1.165) is 35.3 Å². The fourth-order valence-electron chi connectivity index (χ4n) is 19.0. The second-order valence-electron chi connectivity index (χ2n) is 37.4. The number of benzene rings is 3. The highest BCUT2D eigenvalue weighted by molar-refractivity contribution is 7.99. The number of unbranched alkanes of at least 4 members (excludes halogenated alkanes) is 1. The zero-order valence-electron chi connectivity index (χ0n) is 82.6. The summed E-state index contributed by atoms with van der Waals surface area (Å²) in [5.74, 6) is -18.8. The van der Waals surface area contributed by atoms with Crippen LogP contribution in [0.4, 0.5) is 0 Å². The molecule has 14 atom stereocenters. The molecule has 6 fully saturated rings. The van der Waals surface area contributed by atoms with E-state index in [4.69, 9.17) is 11.5 Å². The number of nitrogens with two attached hydrogens (primary N) is 2. The van der Waals surface area contributed by atoms with Crippen molar-refractivity contribution >= 4 is 198 Å². The van der Waals surface area contributed by atoms with E-state index in [0.29, 0.717) is 61.5 Å². The topological polar surface area (TPSA) is 658 Å². The lowest BCUT2D eigenvalue weighted by atomic mass is 10.0. The lowest BCUT2D eigenvalue weighted by molar-refractivity contribution is -0.158. The van der Waals surface area contributed by atoms with E-state index in [9.17, 15) is 58.2 Å². The maximum Gasteiger partial charge on any atom is 0.327 e. The summed E-state index contributed by atoms with van der Waals surface area (Å²) < 4.78 is 0. The highest BCUT2D eigenvalue weighted by Crippen LogP contribution is 2.31. The second-order valence-corrected chi connectivity index (χ2v) is 41.8. The van der Waals surface area contributed by atoms with Gasteiger partial charge in [0.1, 0.15) is 84.6 Å². The van der Waals surface area contributed by atoms with Crippen LogP contribution in [0.1, 0.15) is 119 Å². The van der Waals surface area contributed by atoms with Gasteiger partial charge in [0.05, 0.1) is 39.6 Å². The number of aliphatic hydroxyl groups is 1. The minimum absolute atomic E-state index is 0.0114. The molecule has 3 aromatic carbocycles. The van der Waals surface area contributed by atoms with Crippen LogP contribution >= 0.6 is 47.0 Å². The lowest BCUT2D eigenvalue weighted by Crippen LogP contribution is -2.61. The summed E-state index contributed by atoms with van der Waals surface area (Å²) in [6.07, 6.45) is 6.32. The number of hydrogen-bond acceptors (Lipinski definition) is 27. The number of aliphatic carboxylic acids is 1. The number of fused-ring (bicyclic) bond motifs is 13. The Morgan fingerprint density at radius 1 is 0.456 bits per heavy atom. The molecule has 0 unspecified atom stereocenters. The number of pyridine rings is 1. The number of aromatic nitrogens is 4. The van der Waals surface area contributed by atoms with Crippen LogP contribution in [0.15, 0.2) is 116 Å². The molecule has 0 spiro atoms. The maximum atomic E-state index is 15.7. The number of aliphatic hydroxyl groups excluding tert-OH is 1. The summed E-state index contributed by atoms with van der Waals surface area (Å²) in [6, 6.07) is 4.46. The van der Waals surface area contributed by atoms with E-state index in [1.54, 1.807) is 116 Å². The number of H-pyrrole nitrogens is 3. The predicted octanol–water partition coefficient (Wildman–Crippen LogP) is -2.16. The van der Waals surface area contributed by atoms with Gasteiger partial charge in [-0.1, -0.05) is 60.7 Å². The molecule has 6 saturated heterocycles. The molecule has 13 rings (SSSR count). The summed E-state index contributed by atoms with van der Waals surface area (Å²) in [5.41, 5.74) is 15.5. The number of carboxylic acid groups (broad SMARTS) is 1. The molecular formula is C99H128N24O22S4. The number of hydrogen-bond donors (Lipinski definition) is 19. The van der Waals surface area contributed by atoms with Crippen molar-refractivity contribution in [1.29, 1.82) is 0 Å². The zero-order valence-corrected chi connectivity index (χ0v) is 85.8. The van der Waals surface area contributed by atoms with Crippen molar-refractivity contribution in [2.24, 2.45) is 11.5 Å². The van der Waals surface area contributed by atoms with E-state index >= 15 is 47.9 Å². The fraction of sp³-hybridized carbons (Fsp3) is 0.505. The Bertz CT molecular complexity index is 6050. The summed E-state index contributed by atoms with van der Waals surface area (Å²) in [4.78, 5) is 316. The van der Waals surface area contributed by atoms with Gasteiger partial charge in [0.2, 0.25) is 112 Å². The van der Waals surface area contributed by atoms with Gasteiger partial charge >= 0.3 is 5.97 Å². The van der Waals surface area contributed by atoms with Crippen molar-refractivity contribution in [3.63, 3.8) is 0 Å². The molecule has 7 aromatic rings. The fourth-order valence-corrected chi connectivity index (χ4v) is 22.3. The van der Waals surface area contributed by atoms with Gasteiger partial charge in [-0.2, -0.15) is 47.0 Å². The molecule has 10 heterocycles. The molecule has 149 heavy (non-hydrogen) atoms. The van der Waals surface area contributed by atoms with Crippen LogP contribution in [0.25, 0.3) is 32.7 Å². The molecule has 0 radical (unpaired) electrons. The highest BCUT2D eigenvalue weighted by atomic mass is 32.2. The molecule has 0 saturated carbocycles. The van der Waals surface area contributed by atoms with E-state index in [-0.39, 0.29) is 189 Å². The third-order valence-corrected chi connectivity index (χ3v) is 30.6. The van der Waals surface area contributed by atoms with Crippen LogP contribution in [-0.2, 0) is 122 Å². The van der Waals surface area contributed by atoms with Gasteiger partial charge < -0.3 is 130 Å². The molecule has 46 nitrogen and oxygen atoms in total. The van der Waals surface area contributed by atoms with Crippen molar-refractivity contribution in [2.75, 3.05) is 106 Å². The summed E-state index contributed by atoms with van der Waals surface area (Å²) >= 11 is 4.31. The van der Waals surface area contributed by atoms with Crippen LogP contribution in [-0.4, -0.2) is 368 Å². The average Bonchev–Trinajstić information content (AvgIpc) is 1.65. The third-order valence-electron chi connectivity index (χ3n) is 26.8. The molecule has 21 N–H and O–H groups in total. The number of amides is 19. The van der Waals surface area contributed by atoms with Crippen molar-refractivity contribution < 1.29 is 106 Å². The van der Waals surface area contributed by atoms with E-state index in [1.807, 2.05) is 0 Å². The molecule has 6 aliphatic rings. The monoisotopic (exact) mass is 2130 g/mol. The first-order valence-electron chi connectivity index (χ1n) is 49.7. The Labute approximate surface area is 874 Å². The SMILES string of the molecule is CSCC[C@@H]1NC(=O)[C@@H]2CSCCC(=O)N3CN(CN(C3)C(=O)CCSC[C@@H](NC(C)=O)C(=O)N3CCC[C@H]3C(=O)N[C@@H](Cc3ccccn3)C(=O)NCC(=O)N2)C(=O)CCSC[C@@H](C(=O)O)NC(=O)[C@H](Cc2c[nH]c3ccccc23)NC(=O)[C@@H]2CCCN2C(=O)[C@@H]2CCCN2C(=O)[C@H](Cc2c[nH]c3ccccc23)NC(=O)[C@H](CO)NC(=O)[C@H](Cc2c[nH]c3ccccc23)NC(=O)[C@H](CC(N)=O)NC(=O)[C@H](CCCCN)NC1=O. The highest BCUT2D eigenvalue weighted by Gasteiger charge is 2.47. The number of nitrogens with one attached hydrogen (secondary N) is 15. The Balaban J connectivity index is 0.832. The predicted molar refractivity (Wildman–Crippen MR) is 553 cm³/mol. The van der Waals surface area contributed by atoms with Gasteiger partial charge in [-0.25, -0.2) is 4.79 Å². The van der Waals surface area contributed by atoms with Gasteiger partial charge in [0.25, 0.3) is 0 Å². The van der Waals surface area contributed by atoms with Crippen molar-refractivity contribution in [2.45, 2.75) is 207 Å². The van der Waals surface area contributed by atoms with Gasteiger partial charge in [-0.05, 0) is 130 Å². The first-order valence-corrected chi connectivity index (χ1v) is 54.5. The summed E-state index contributed by atoms with van der Waals surface area (Å²) in [5, 5.41) is 55.8. The van der Waals surface area contributed by atoms with Crippen LogP contribution < -0.4 is 75.3 Å². The number of carbonyl (C=O) groups excluding carboxylic acids is 19. The minimum atomic E-state index is -1.94. The number of para-hydroxylation sites is 3. The summed E-state index contributed by atoms with van der Waals surface area (Å²) in [6.45, 7) is -1.74. The molecule has 19 amide bonds. The van der Waals surface area contributed by atoms with Crippen LogP contribution in [0.5, 0.6) is 0 Å². The van der Waals surface area contributed by atoms with E-state index in [2.05, 4.69) is 83.7 Å². The van der Waals surface area contributed by atoms with Crippen molar-refractivity contribution in [3.8, 4) is 0 Å². The van der Waals surface area contributed by atoms with Gasteiger partial charge in [0, 0.05) is 169 Å². The number of aromatic amines is 3. The number of rotatable bonds is 20. The van der Waals surface area contributed by atoms with Crippen LogP contribution in [0.2, 0.25) is 0 Å². The van der Waals surface area contributed by atoms with Crippen LogP contribution in [0, 0.1) is 0 Å². The maximum absolute atomic E-state index is 15.7. The molecule has 800 valence electrons. The second kappa shape index (κ2) is 54.4. The number of carboxylic acids is 1. The number of primary amides is 1. The number of thioether (sulfide) groups is 4. The van der Waals surface area contributed by atoms with Gasteiger partial charge in [-0.15, -0.1) is 0 Å². The van der Waals surface area contributed by atoms with Crippen molar-refractivity contribution in [1.82, 2.24) is 113 Å². The quantitative estimate of drug-likeness (QED) is 0.0362. The first kappa shape index (κ1) is 112. The Morgan fingerprint density at radius 2 is 0.886 bits per heavy atom. The Hall–Kier alpha value is -13.9. The largest absolute Gasteiger partial charge is 0.480 e. The van der Waals surface area contributed by atoms with Crippen LogP contribution in [0.3, 0.4) is 0 Å². The number of nitrogens with zero attached hydrogens (tertiary/aromatic N) is 7. The molecule has 4 aromatic heterocycles. The lowest BCUT2D eigenvalue weighted by Gasteiger charge is -2.42. The summed E-state index contributed by atoms with van der Waals surface area (Å²) in [7, 11) is 0. The smallest absolute Gasteiger partial charge is 0.327 e.